The van der Waals surface area contributed by atoms with E-state index in [4.69, 9.17) is 0 Å². The second-order valence-electron chi connectivity index (χ2n) is 5.68. The van der Waals surface area contributed by atoms with Gasteiger partial charge in [-0.15, -0.1) is 0 Å². The second kappa shape index (κ2) is 6.80. The van der Waals surface area contributed by atoms with Gasteiger partial charge in [-0.25, -0.2) is 4.98 Å². The topological polar surface area (TPSA) is 29.9 Å². The molecular weight excluding hydrogens is 210 g/mol. The summed E-state index contributed by atoms with van der Waals surface area (Å²) in [4.78, 5) is 4.31. The summed E-state index contributed by atoms with van der Waals surface area (Å²) in [6, 6.07) is 0. The lowest BCUT2D eigenvalue weighted by Gasteiger charge is -2.25. The summed E-state index contributed by atoms with van der Waals surface area (Å²) in [6.07, 6.45) is 9.13. The van der Waals surface area contributed by atoms with Gasteiger partial charge < -0.3 is 9.88 Å². The molecule has 0 saturated carbocycles. The van der Waals surface area contributed by atoms with Gasteiger partial charge in [0.25, 0.3) is 0 Å². The third kappa shape index (κ3) is 5.35. The molecule has 0 unspecified atom stereocenters. The highest BCUT2D eigenvalue weighted by atomic mass is 15.1. The zero-order valence-electron chi connectivity index (χ0n) is 11.8. The maximum Gasteiger partial charge on any atom is 0.122 e. The van der Waals surface area contributed by atoms with E-state index in [0.29, 0.717) is 5.41 Å². The van der Waals surface area contributed by atoms with Crippen LogP contribution in [0.5, 0.6) is 0 Å². The Hall–Kier alpha value is -0.830. The molecule has 0 radical (unpaired) electrons. The fourth-order valence-electron chi connectivity index (χ4n) is 2.02. The lowest BCUT2D eigenvalue weighted by Crippen LogP contribution is -2.29. The largest absolute Gasteiger partial charge is 0.337 e. The summed E-state index contributed by atoms with van der Waals surface area (Å²) in [7, 11) is 2.04. The highest BCUT2D eigenvalue weighted by Gasteiger charge is 2.16. The fourth-order valence-corrected chi connectivity index (χ4v) is 2.02. The first-order valence-electron chi connectivity index (χ1n) is 6.72. The van der Waals surface area contributed by atoms with Crippen LogP contribution in [0.15, 0.2) is 12.4 Å². The van der Waals surface area contributed by atoms with Crippen molar-refractivity contribution >= 4 is 0 Å². The van der Waals surface area contributed by atoms with Gasteiger partial charge in [0.05, 0.1) is 6.54 Å². The van der Waals surface area contributed by atoms with Gasteiger partial charge >= 0.3 is 0 Å². The van der Waals surface area contributed by atoms with Crippen LogP contribution < -0.4 is 5.32 Å². The van der Waals surface area contributed by atoms with Crippen molar-refractivity contribution in [3.05, 3.63) is 18.2 Å². The predicted molar refractivity (Wildman–Crippen MR) is 72.8 cm³/mol. The lowest BCUT2D eigenvalue weighted by atomic mass is 9.87. The Morgan fingerprint density at radius 3 is 2.71 bits per heavy atom. The first-order valence-corrected chi connectivity index (χ1v) is 6.72. The Kier molecular flexibility index (Phi) is 5.69. The quantitative estimate of drug-likeness (QED) is 0.704. The summed E-state index contributed by atoms with van der Waals surface area (Å²) in [5.74, 6) is 1.11. The van der Waals surface area contributed by atoms with Crippen molar-refractivity contribution in [3.8, 4) is 0 Å². The van der Waals surface area contributed by atoms with Gasteiger partial charge in [0.1, 0.15) is 5.82 Å². The first kappa shape index (κ1) is 14.2. The van der Waals surface area contributed by atoms with Crippen LogP contribution in [-0.2, 0) is 13.6 Å². The average molecular weight is 237 g/mol. The van der Waals surface area contributed by atoms with E-state index < -0.39 is 0 Å². The highest BCUT2D eigenvalue weighted by molar-refractivity contribution is 4.90. The molecule has 0 atom stereocenters. The molecule has 0 aliphatic heterocycles. The zero-order valence-corrected chi connectivity index (χ0v) is 11.8. The van der Waals surface area contributed by atoms with E-state index in [2.05, 4.69) is 35.6 Å². The zero-order chi connectivity index (χ0) is 12.7. The molecule has 0 amide bonds. The van der Waals surface area contributed by atoms with E-state index in [1.54, 1.807) is 0 Å². The summed E-state index contributed by atoms with van der Waals surface area (Å²) < 4.78 is 2.07. The summed E-state index contributed by atoms with van der Waals surface area (Å²) >= 11 is 0. The molecule has 0 aromatic carbocycles. The number of aryl methyl sites for hydroxylation is 1. The smallest absolute Gasteiger partial charge is 0.122 e. The van der Waals surface area contributed by atoms with Crippen molar-refractivity contribution in [2.75, 3.05) is 6.54 Å². The van der Waals surface area contributed by atoms with Crippen molar-refractivity contribution in [1.82, 2.24) is 14.9 Å². The predicted octanol–water partition coefficient (Wildman–Crippen LogP) is 3.12. The Bertz CT molecular complexity index is 315. The molecule has 17 heavy (non-hydrogen) atoms. The minimum absolute atomic E-state index is 0.389. The lowest BCUT2D eigenvalue weighted by molar-refractivity contribution is 0.300. The minimum atomic E-state index is 0.389. The average Bonchev–Trinajstić information content (AvgIpc) is 2.64. The van der Waals surface area contributed by atoms with Crippen LogP contribution in [0.1, 0.15) is 52.3 Å². The SMILES string of the molecule is CCCCCC(C)(C)CNCc1nccn1C. The van der Waals surface area contributed by atoms with Crippen LogP contribution in [0, 0.1) is 5.41 Å². The summed E-state index contributed by atoms with van der Waals surface area (Å²) in [6.45, 7) is 8.86. The second-order valence-corrected chi connectivity index (χ2v) is 5.68. The van der Waals surface area contributed by atoms with Gasteiger partial charge in [-0.1, -0.05) is 40.0 Å². The summed E-state index contributed by atoms with van der Waals surface area (Å²) in [5.41, 5.74) is 0.389. The van der Waals surface area contributed by atoms with Crippen molar-refractivity contribution in [1.29, 1.82) is 0 Å². The van der Waals surface area contributed by atoms with Crippen molar-refractivity contribution in [3.63, 3.8) is 0 Å². The molecule has 0 fully saturated rings. The molecule has 0 spiro atoms. The molecule has 0 aliphatic rings. The fraction of sp³-hybridized carbons (Fsp3) is 0.786. The number of rotatable bonds is 8. The van der Waals surface area contributed by atoms with Gasteiger partial charge in [-0.2, -0.15) is 0 Å². The Morgan fingerprint density at radius 2 is 2.12 bits per heavy atom. The molecule has 1 N–H and O–H groups in total. The molecular formula is C14H27N3. The van der Waals surface area contributed by atoms with Gasteiger partial charge in [0, 0.05) is 26.0 Å². The van der Waals surface area contributed by atoms with E-state index in [0.717, 1.165) is 18.9 Å². The van der Waals surface area contributed by atoms with Crippen LogP contribution in [0.3, 0.4) is 0 Å². The van der Waals surface area contributed by atoms with Gasteiger partial charge in [-0.05, 0) is 11.8 Å². The maximum absolute atomic E-state index is 4.31. The van der Waals surface area contributed by atoms with Gasteiger partial charge in [0.15, 0.2) is 0 Å². The van der Waals surface area contributed by atoms with Crippen molar-refractivity contribution in [2.24, 2.45) is 12.5 Å². The monoisotopic (exact) mass is 237 g/mol. The highest BCUT2D eigenvalue weighted by Crippen LogP contribution is 2.22. The minimum Gasteiger partial charge on any atom is -0.337 e. The van der Waals surface area contributed by atoms with Crippen molar-refractivity contribution in [2.45, 2.75) is 53.0 Å². The van der Waals surface area contributed by atoms with Crippen LogP contribution >= 0.6 is 0 Å². The molecule has 0 aliphatic carbocycles. The van der Waals surface area contributed by atoms with Crippen LogP contribution in [-0.4, -0.2) is 16.1 Å². The summed E-state index contributed by atoms with van der Waals surface area (Å²) in [5, 5.41) is 3.51. The number of aromatic nitrogens is 2. The first-order chi connectivity index (χ1) is 8.05. The van der Waals surface area contributed by atoms with E-state index in [-0.39, 0.29) is 0 Å². The molecule has 1 aromatic rings. The van der Waals surface area contributed by atoms with Gasteiger partial charge in [0.2, 0.25) is 0 Å². The Balaban J connectivity index is 2.23. The Labute approximate surface area is 106 Å². The number of imidazole rings is 1. The molecule has 0 saturated heterocycles. The molecule has 1 rings (SSSR count). The standard InChI is InChI=1S/C14H27N3/c1-5-6-7-8-14(2,3)12-15-11-13-16-9-10-17(13)4/h9-10,15H,5-8,11-12H2,1-4H3. The third-order valence-corrected chi connectivity index (χ3v) is 3.26. The normalized spacial score (nSPS) is 12.0. The van der Waals surface area contributed by atoms with Crippen molar-refractivity contribution < 1.29 is 0 Å². The number of nitrogens with one attached hydrogen (secondary N) is 1. The van der Waals surface area contributed by atoms with Crippen LogP contribution in [0.2, 0.25) is 0 Å². The number of hydrogen-bond acceptors (Lipinski definition) is 2. The maximum atomic E-state index is 4.31. The molecule has 1 heterocycles. The van der Waals surface area contributed by atoms with Crippen LogP contribution in [0.4, 0.5) is 0 Å². The van der Waals surface area contributed by atoms with Gasteiger partial charge in [-0.3, -0.25) is 0 Å². The Morgan fingerprint density at radius 1 is 1.35 bits per heavy atom. The molecule has 3 heteroatoms. The van der Waals surface area contributed by atoms with E-state index in [1.807, 2.05) is 19.4 Å². The van der Waals surface area contributed by atoms with E-state index >= 15 is 0 Å². The molecule has 98 valence electrons. The molecule has 1 aromatic heterocycles. The molecule has 0 bridgehead atoms. The van der Waals surface area contributed by atoms with E-state index in [9.17, 15) is 0 Å². The number of unbranched alkanes of at least 4 members (excludes halogenated alkanes) is 2. The third-order valence-electron chi connectivity index (χ3n) is 3.26. The van der Waals surface area contributed by atoms with Crippen LogP contribution in [0.25, 0.3) is 0 Å². The number of nitrogens with zero attached hydrogens (tertiary/aromatic N) is 2. The van der Waals surface area contributed by atoms with E-state index in [1.165, 1.54) is 25.7 Å². The number of hydrogen-bond donors (Lipinski definition) is 1. The molecule has 3 nitrogen and oxygen atoms in total.